The summed E-state index contributed by atoms with van der Waals surface area (Å²) < 4.78 is 0. The van der Waals surface area contributed by atoms with Gasteiger partial charge in [0, 0.05) is 0 Å². The van der Waals surface area contributed by atoms with E-state index in [1.807, 2.05) is 0 Å². The molecule has 0 saturated heterocycles. The lowest BCUT2D eigenvalue weighted by atomic mass is 9.48. The third kappa shape index (κ3) is 1.29. The molecule has 4 bridgehead atoms. The molecule has 0 aromatic carbocycles. The molecule has 1 unspecified atom stereocenters. The summed E-state index contributed by atoms with van der Waals surface area (Å²) in [6, 6.07) is -0.777. The van der Waals surface area contributed by atoms with Gasteiger partial charge in [0.2, 0.25) is 0 Å². The molecule has 3 nitrogen and oxygen atoms in total. The van der Waals surface area contributed by atoms with Gasteiger partial charge in [0.05, 0.1) is 5.41 Å². The van der Waals surface area contributed by atoms with E-state index in [-0.39, 0.29) is 5.41 Å². The number of rotatable bonds is 2. The molecule has 4 fully saturated rings. The standard InChI is InChI=1S/C13H17NO2/c1-14-11(12(15)16)13-5-8-2-9(6-13)4-10(3-8)7-13/h8-11H,2-7H2,(H,15,16). The van der Waals surface area contributed by atoms with E-state index in [1.54, 1.807) is 0 Å². The van der Waals surface area contributed by atoms with Gasteiger partial charge in [-0.3, -0.25) is 0 Å². The summed E-state index contributed by atoms with van der Waals surface area (Å²) in [6.07, 6.45) is 6.88. The summed E-state index contributed by atoms with van der Waals surface area (Å²) in [5.41, 5.74) is -0.164. The van der Waals surface area contributed by atoms with Crippen LogP contribution >= 0.6 is 0 Å². The Morgan fingerprint density at radius 3 is 1.94 bits per heavy atom. The Morgan fingerprint density at radius 2 is 1.62 bits per heavy atom. The van der Waals surface area contributed by atoms with Crippen molar-refractivity contribution in [3.8, 4) is 0 Å². The van der Waals surface area contributed by atoms with Gasteiger partial charge in [0.25, 0.3) is 0 Å². The molecule has 0 heterocycles. The third-order valence-corrected chi connectivity index (χ3v) is 5.03. The van der Waals surface area contributed by atoms with Crippen LogP contribution in [0, 0.1) is 29.7 Å². The van der Waals surface area contributed by atoms with Crippen molar-refractivity contribution in [1.82, 2.24) is 0 Å². The van der Waals surface area contributed by atoms with Crippen molar-refractivity contribution in [2.45, 2.75) is 44.6 Å². The van der Waals surface area contributed by atoms with Crippen LogP contribution in [0.4, 0.5) is 0 Å². The highest BCUT2D eigenvalue weighted by atomic mass is 16.4. The minimum atomic E-state index is -0.892. The van der Waals surface area contributed by atoms with Gasteiger partial charge in [0.15, 0.2) is 0 Å². The van der Waals surface area contributed by atoms with E-state index in [2.05, 4.69) is 4.85 Å². The molecule has 86 valence electrons. The van der Waals surface area contributed by atoms with E-state index in [4.69, 9.17) is 6.57 Å². The second kappa shape index (κ2) is 3.23. The maximum Gasteiger partial charge on any atom is 0.388 e. The minimum Gasteiger partial charge on any atom is -0.475 e. The number of hydrogen-bond donors (Lipinski definition) is 1. The first-order valence-electron chi connectivity index (χ1n) is 6.22. The van der Waals surface area contributed by atoms with Crippen molar-refractivity contribution in [1.29, 1.82) is 0 Å². The van der Waals surface area contributed by atoms with Crippen LogP contribution in [-0.2, 0) is 4.79 Å². The number of carboxylic acids is 1. The Balaban J connectivity index is 1.93. The molecule has 0 amide bonds. The van der Waals surface area contributed by atoms with Crippen LogP contribution in [0.3, 0.4) is 0 Å². The Labute approximate surface area is 95.7 Å². The number of carbonyl (C=O) groups is 1. The molecule has 1 N–H and O–H groups in total. The van der Waals surface area contributed by atoms with Gasteiger partial charge in [-0.05, 0) is 56.3 Å². The number of carboxylic acid groups (broad SMARTS) is 1. The molecule has 0 aromatic rings. The quantitative estimate of drug-likeness (QED) is 0.725. The maximum atomic E-state index is 11.2. The first-order chi connectivity index (χ1) is 7.63. The molecule has 4 saturated carbocycles. The molecule has 4 rings (SSSR count). The number of hydrogen-bond acceptors (Lipinski definition) is 1. The summed E-state index contributed by atoms with van der Waals surface area (Å²) in [6.45, 7) is 7.17. The molecule has 1 atom stereocenters. The summed E-state index contributed by atoms with van der Waals surface area (Å²) in [7, 11) is 0. The van der Waals surface area contributed by atoms with Gasteiger partial charge in [-0.15, -0.1) is 0 Å². The molecule has 0 aromatic heterocycles. The normalized spacial score (nSPS) is 46.3. The Morgan fingerprint density at radius 1 is 1.19 bits per heavy atom. The zero-order valence-corrected chi connectivity index (χ0v) is 9.35. The second-order valence-corrected chi connectivity index (χ2v) is 6.15. The highest BCUT2D eigenvalue weighted by molar-refractivity contribution is 5.76. The van der Waals surface area contributed by atoms with Gasteiger partial charge < -0.3 is 9.95 Å². The predicted molar refractivity (Wildman–Crippen MR) is 58.6 cm³/mol. The van der Waals surface area contributed by atoms with E-state index < -0.39 is 12.0 Å². The van der Waals surface area contributed by atoms with Crippen molar-refractivity contribution in [2.75, 3.05) is 0 Å². The summed E-state index contributed by atoms with van der Waals surface area (Å²) in [5.74, 6) is 1.26. The van der Waals surface area contributed by atoms with Crippen molar-refractivity contribution in [3.63, 3.8) is 0 Å². The molecule has 0 spiro atoms. The van der Waals surface area contributed by atoms with E-state index in [0.29, 0.717) is 0 Å². The van der Waals surface area contributed by atoms with Crippen LogP contribution in [0.1, 0.15) is 38.5 Å². The number of aliphatic carboxylic acids is 1. The summed E-state index contributed by atoms with van der Waals surface area (Å²) in [5, 5.41) is 9.22. The molecular formula is C13H17NO2. The van der Waals surface area contributed by atoms with Crippen molar-refractivity contribution >= 4 is 5.97 Å². The molecular weight excluding hydrogens is 202 g/mol. The van der Waals surface area contributed by atoms with E-state index in [1.165, 1.54) is 19.3 Å². The van der Waals surface area contributed by atoms with Gasteiger partial charge in [-0.25, -0.2) is 11.4 Å². The van der Waals surface area contributed by atoms with Crippen LogP contribution in [0.25, 0.3) is 4.85 Å². The smallest absolute Gasteiger partial charge is 0.388 e. The topological polar surface area (TPSA) is 41.7 Å². The molecule has 0 radical (unpaired) electrons. The largest absolute Gasteiger partial charge is 0.475 e. The zero-order chi connectivity index (χ0) is 11.3. The lowest BCUT2D eigenvalue weighted by Gasteiger charge is -2.55. The van der Waals surface area contributed by atoms with Crippen LogP contribution < -0.4 is 0 Å². The van der Waals surface area contributed by atoms with Crippen molar-refractivity contribution in [2.24, 2.45) is 23.2 Å². The highest BCUT2D eigenvalue weighted by Crippen LogP contribution is 2.61. The Kier molecular flexibility index (Phi) is 2.04. The molecule has 3 heteroatoms. The fourth-order valence-electron chi connectivity index (χ4n) is 4.97. The summed E-state index contributed by atoms with van der Waals surface area (Å²) >= 11 is 0. The SMILES string of the molecule is [C-]#[N+]C(C(=O)O)C12CC3CC(CC(C3)C1)C2. The first kappa shape index (κ1) is 10.1. The number of nitrogens with zero attached hydrogens (tertiary/aromatic N) is 1. The average Bonchev–Trinajstić information content (AvgIpc) is 2.14. The van der Waals surface area contributed by atoms with E-state index in [9.17, 15) is 9.90 Å². The van der Waals surface area contributed by atoms with Gasteiger partial charge >= 0.3 is 12.0 Å². The highest BCUT2D eigenvalue weighted by Gasteiger charge is 2.59. The van der Waals surface area contributed by atoms with Crippen molar-refractivity contribution < 1.29 is 9.90 Å². The van der Waals surface area contributed by atoms with E-state index in [0.717, 1.165) is 37.0 Å². The Hall–Kier alpha value is -1.04. The zero-order valence-electron chi connectivity index (χ0n) is 9.35. The fourth-order valence-corrected chi connectivity index (χ4v) is 4.97. The lowest BCUT2D eigenvalue weighted by Crippen LogP contribution is -2.52. The molecule has 4 aliphatic carbocycles. The van der Waals surface area contributed by atoms with Crippen molar-refractivity contribution in [3.05, 3.63) is 11.4 Å². The monoisotopic (exact) mass is 219 g/mol. The first-order valence-corrected chi connectivity index (χ1v) is 6.22. The lowest BCUT2D eigenvalue weighted by molar-refractivity contribution is -0.146. The predicted octanol–water partition coefficient (Wildman–Crippen LogP) is 2.58. The maximum absolute atomic E-state index is 11.2. The Bertz CT molecular complexity index is 333. The fraction of sp³-hybridized carbons (Fsp3) is 0.846. The van der Waals surface area contributed by atoms with Crippen LogP contribution in [0.15, 0.2) is 0 Å². The minimum absolute atomic E-state index is 0.164. The van der Waals surface area contributed by atoms with Crippen LogP contribution in [0.2, 0.25) is 0 Å². The summed E-state index contributed by atoms with van der Waals surface area (Å²) in [4.78, 5) is 14.7. The average molecular weight is 219 g/mol. The van der Waals surface area contributed by atoms with Gasteiger partial charge in [-0.1, -0.05) is 0 Å². The van der Waals surface area contributed by atoms with Gasteiger partial charge in [0.1, 0.15) is 0 Å². The molecule has 0 aliphatic heterocycles. The molecule has 16 heavy (non-hydrogen) atoms. The van der Waals surface area contributed by atoms with Crippen LogP contribution in [0.5, 0.6) is 0 Å². The van der Waals surface area contributed by atoms with Crippen LogP contribution in [-0.4, -0.2) is 17.1 Å². The van der Waals surface area contributed by atoms with Gasteiger partial charge in [-0.2, -0.15) is 0 Å². The third-order valence-electron chi connectivity index (χ3n) is 5.03. The second-order valence-electron chi connectivity index (χ2n) is 6.15. The molecule has 4 aliphatic rings. The van der Waals surface area contributed by atoms with E-state index >= 15 is 0 Å².